The van der Waals surface area contributed by atoms with Crippen LogP contribution in [0.4, 0.5) is 0 Å². The highest BCUT2D eigenvalue weighted by atomic mass is 16.5. The third kappa shape index (κ3) is 3.85. The number of aromatic amines is 1. The maximum absolute atomic E-state index is 12.6. The number of hydrogen-bond acceptors (Lipinski definition) is 6. The van der Waals surface area contributed by atoms with Crippen molar-refractivity contribution in [3.05, 3.63) is 28.0 Å². The van der Waals surface area contributed by atoms with Crippen molar-refractivity contribution in [3.8, 4) is 17.2 Å². The van der Waals surface area contributed by atoms with E-state index < -0.39 is 0 Å². The average molecular weight is 375 g/mol. The van der Waals surface area contributed by atoms with Gasteiger partial charge in [0.25, 0.3) is 5.56 Å². The second kappa shape index (κ2) is 7.87. The van der Waals surface area contributed by atoms with Crippen LogP contribution in [0.1, 0.15) is 18.9 Å². The molecule has 0 aliphatic carbocycles. The third-order valence-electron chi connectivity index (χ3n) is 4.80. The van der Waals surface area contributed by atoms with Gasteiger partial charge in [-0.2, -0.15) is 0 Å². The molecule has 8 heteroatoms. The molecule has 1 aromatic carbocycles. The first-order chi connectivity index (χ1) is 13.0. The van der Waals surface area contributed by atoms with Crippen LogP contribution in [0.5, 0.6) is 17.2 Å². The summed E-state index contributed by atoms with van der Waals surface area (Å²) in [5, 5.41) is 3.68. The number of nitrogens with zero attached hydrogens (tertiary/aromatic N) is 1. The van der Waals surface area contributed by atoms with Gasteiger partial charge < -0.3 is 24.5 Å². The summed E-state index contributed by atoms with van der Waals surface area (Å²) in [6.07, 6.45) is 0.874. The van der Waals surface area contributed by atoms with E-state index in [-0.39, 0.29) is 17.5 Å². The molecule has 1 saturated heterocycles. The van der Waals surface area contributed by atoms with E-state index in [1.165, 1.54) is 14.0 Å². The number of likely N-dealkylation sites (tertiary alicyclic amines) is 1. The molecule has 0 spiro atoms. The Labute approximate surface area is 157 Å². The van der Waals surface area contributed by atoms with E-state index in [1.54, 1.807) is 20.3 Å². The molecule has 2 aromatic rings. The standard InChI is InChI=1S/C19H25N3O5/c1-11(23)20-13-5-6-22(10-13)9-12-7-14-15(21-19(12)24)8-16(25-2)18(27-4)17(14)26-3/h7-8,13H,5-6,9-10H2,1-4H3,(H,20,23)(H,21,24)/t13-/m1/s1. The van der Waals surface area contributed by atoms with Gasteiger partial charge >= 0.3 is 0 Å². The van der Waals surface area contributed by atoms with Crippen molar-refractivity contribution in [2.75, 3.05) is 34.4 Å². The van der Waals surface area contributed by atoms with Crippen molar-refractivity contribution < 1.29 is 19.0 Å². The molecule has 3 rings (SSSR count). The number of H-pyrrole nitrogens is 1. The molecule has 0 radical (unpaired) electrons. The minimum Gasteiger partial charge on any atom is -0.493 e. The highest BCUT2D eigenvalue weighted by Gasteiger charge is 2.24. The van der Waals surface area contributed by atoms with Crippen LogP contribution in [0, 0.1) is 0 Å². The minimum atomic E-state index is -0.153. The summed E-state index contributed by atoms with van der Waals surface area (Å²) in [6, 6.07) is 3.69. The molecule has 0 unspecified atom stereocenters. The minimum absolute atomic E-state index is 0.0313. The number of fused-ring (bicyclic) bond motifs is 1. The number of rotatable bonds is 6. The Morgan fingerprint density at radius 3 is 2.59 bits per heavy atom. The molecule has 146 valence electrons. The molecule has 1 amide bonds. The van der Waals surface area contributed by atoms with E-state index in [0.717, 1.165) is 24.9 Å². The van der Waals surface area contributed by atoms with E-state index in [2.05, 4.69) is 15.2 Å². The second-order valence-electron chi connectivity index (χ2n) is 6.65. The zero-order valence-electron chi connectivity index (χ0n) is 16.0. The molecule has 1 aliphatic rings. The SMILES string of the molecule is COc1cc2[nH]c(=O)c(CN3CC[C@@H](NC(C)=O)C3)cc2c(OC)c1OC. The number of ether oxygens (including phenoxy) is 3. The molecular weight excluding hydrogens is 350 g/mol. The summed E-state index contributed by atoms with van der Waals surface area (Å²) in [4.78, 5) is 28.9. The number of methoxy groups -OCH3 is 3. The Morgan fingerprint density at radius 2 is 1.96 bits per heavy atom. The van der Waals surface area contributed by atoms with Crippen LogP contribution in [0.15, 0.2) is 16.9 Å². The molecule has 0 saturated carbocycles. The number of pyridine rings is 1. The Kier molecular flexibility index (Phi) is 5.55. The smallest absolute Gasteiger partial charge is 0.252 e. The van der Waals surface area contributed by atoms with E-state index in [1.807, 2.05) is 6.07 Å². The number of amides is 1. The molecule has 2 N–H and O–H groups in total. The highest BCUT2D eigenvalue weighted by molar-refractivity contribution is 5.90. The Balaban J connectivity index is 1.94. The molecule has 2 heterocycles. The lowest BCUT2D eigenvalue weighted by atomic mass is 10.1. The second-order valence-corrected chi connectivity index (χ2v) is 6.65. The van der Waals surface area contributed by atoms with Gasteiger partial charge in [-0.25, -0.2) is 0 Å². The first-order valence-electron chi connectivity index (χ1n) is 8.81. The van der Waals surface area contributed by atoms with Crippen LogP contribution in [0.2, 0.25) is 0 Å². The zero-order valence-corrected chi connectivity index (χ0v) is 16.0. The van der Waals surface area contributed by atoms with Gasteiger partial charge in [0.2, 0.25) is 11.7 Å². The number of benzene rings is 1. The first-order valence-corrected chi connectivity index (χ1v) is 8.81. The molecule has 1 aliphatic heterocycles. The first kappa shape index (κ1) is 19.0. The molecule has 8 nitrogen and oxygen atoms in total. The van der Waals surface area contributed by atoms with Gasteiger partial charge in [0.15, 0.2) is 11.5 Å². The van der Waals surface area contributed by atoms with Crippen LogP contribution in [-0.2, 0) is 11.3 Å². The monoisotopic (exact) mass is 375 g/mol. The van der Waals surface area contributed by atoms with Crippen LogP contribution in [-0.4, -0.2) is 56.3 Å². The van der Waals surface area contributed by atoms with Crippen LogP contribution >= 0.6 is 0 Å². The summed E-state index contributed by atoms with van der Waals surface area (Å²) in [6.45, 7) is 3.56. The lowest BCUT2D eigenvalue weighted by molar-refractivity contribution is -0.119. The summed E-state index contributed by atoms with van der Waals surface area (Å²) < 4.78 is 16.3. The quantitative estimate of drug-likeness (QED) is 0.790. The zero-order chi connectivity index (χ0) is 19.6. The summed E-state index contributed by atoms with van der Waals surface area (Å²) in [5.74, 6) is 1.46. The highest BCUT2D eigenvalue weighted by Crippen LogP contribution is 2.42. The van der Waals surface area contributed by atoms with Gasteiger partial charge in [-0.1, -0.05) is 0 Å². The van der Waals surface area contributed by atoms with Gasteiger partial charge in [-0.3, -0.25) is 14.5 Å². The third-order valence-corrected chi connectivity index (χ3v) is 4.80. The summed E-state index contributed by atoms with van der Waals surface area (Å²) in [7, 11) is 4.64. The van der Waals surface area contributed by atoms with Gasteiger partial charge in [0.05, 0.1) is 26.8 Å². The van der Waals surface area contributed by atoms with Crippen LogP contribution in [0.3, 0.4) is 0 Å². The Bertz CT molecular complexity index is 908. The predicted octanol–water partition coefficient (Wildman–Crippen LogP) is 1.26. The lowest BCUT2D eigenvalue weighted by Gasteiger charge is -2.18. The maximum atomic E-state index is 12.6. The van der Waals surface area contributed by atoms with E-state index in [4.69, 9.17) is 14.2 Å². The number of carbonyl (C=O) groups is 1. The van der Waals surface area contributed by atoms with Crippen molar-refractivity contribution in [1.29, 1.82) is 0 Å². The molecule has 0 bridgehead atoms. The van der Waals surface area contributed by atoms with Crippen molar-refractivity contribution in [3.63, 3.8) is 0 Å². The van der Waals surface area contributed by atoms with E-state index in [9.17, 15) is 9.59 Å². The number of nitrogens with one attached hydrogen (secondary N) is 2. The van der Waals surface area contributed by atoms with Gasteiger partial charge in [0.1, 0.15) is 0 Å². The van der Waals surface area contributed by atoms with Crippen LogP contribution in [0.25, 0.3) is 10.9 Å². The van der Waals surface area contributed by atoms with E-state index >= 15 is 0 Å². The van der Waals surface area contributed by atoms with Crippen molar-refractivity contribution >= 4 is 16.8 Å². The maximum Gasteiger partial charge on any atom is 0.252 e. The van der Waals surface area contributed by atoms with Gasteiger partial charge in [-0.05, 0) is 12.5 Å². The van der Waals surface area contributed by atoms with Crippen molar-refractivity contribution in [2.24, 2.45) is 0 Å². The average Bonchev–Trinajstić information content (AvgIpc) is 3.06. The normalized spacial score (nSPS) is 17.1. The Morgan fingerprint density at radius 1 is 1.22 bits per heavy atom. The largest absolute Gasteiger partial charge is 0.493 e. The molecule has 1 atom stereocenters. The van der Waals surface area contributed by atoms with E-state index in [0.29, 0.717) is 34.9 Å². The fourth-order valence-electron chi connectivity index (χ4n) is 3.61. The predicted molar refractivity (Wildman–Crippen MR) is 102 cm³/mol. The molecule has 1 aromatic heterocycles. The van der Waals surface area contributed by atoms with Crippen molar-refractivity contribution in [1.82, 2.24) is 15.2 Å². The number of carbonyl (C=O) groups excluding carboxylic acids is 1. The lowest BCUT2D eigenvalue weighted by Crippen LogP contribution is -2.35. The summed E-state index contributed by atoms with van der Waals surface area (Å²) in [5.41, 5.74) is 1.10. The van der Waals surface area contributed by atoms with Crippen molar-refractivity contribution in [2.45, 2.75) is 25.9 Å². The number of hydrogen-bond donors (Lipinski definition) is 2. The fraction of sp³-hybridized carbons (Fsp3) is 0.474. The van der Waals surface area contributed by atoms with Gasteiger partial charge in [-0.15, -0.1) is 0 Å². The molecular formula is C19H25N3O5. The van der Waals surface area contributed by atoms with Crippen LogP contribution < -0.4 is 25.1 Å². The molecule has 1 fully saturated rings. The topological polar surface area (TPSA) is 92.9 Å². The fourth-order valence-corrected chi connectivity index (χ4v) is 3.61. The van der Waals surface area contributed by atoms with Gasteiger partial charge in [0, 0.05) is 49.6 Å². The summed E-state index contributed by atoms with van der Waals surface area (Å²) >= 11 is 0. The number of aromatic nitrogens is 1. The Hall–Kier alpha value is -2.74. The molecule has 27 heavy (non-hydrogen) atoms.